The smallest absolute Gasteiger partial charge is 0.00788 e. The first-order valence-electron chi connectivity index (χ1n) is 3.85. The monoisotopic (exact) mass is 142 g/mol. The lowest BCUT2D eigenvalue weighted by Gasteiger charge is -1.90. The van der Waals surface area contributed by atoms with Crippen LogP contribution in [-0.2, 0) is 0 Å². The van der Waals surface area contributed by atoms with Gasteiger partial charge in [0, 0.05) is 5.25 Å². The summed E-state index contributed by atoms with van der Waals surface area (Å²) >= 11 is 2.07. The molecule has 2 saturated carbocycles. The molecule has 52 valence electrons. The van der Waals surface area contributed by atoms with Gasteiger partial charge in [0.15, 0.2) is 0 Å². The molecular weight excluding hydrogens is 128 g/mol. The van der Waals surface area contributed by atoms with E-state index in [-0.39, 0.29) is 0 Å². The highest BCUT2D eigenvalue weighted by molar-refractivity contribution is 7.99. The van der Waals surface area contributed by atoms with E-state index in [9.17, 15) is 0 Å². The molecular formula is C8H14S. The molecule has 9 heavy (non-hydrogen) atoms. The van der Waals surface area contributed by atoms with Crippen LogP contribution in [0.5, 0.6) is 0 Å². The SMILES string of the molecule is CSC1CC1C1CC1C. The van der Waals surface area contributed by atoms with Gasteiger partial charge in [0.1, 0.15) is 0 Å². The Morgan fingerprint density at radius 2 is 1.89 bits per heavy atom. The van der Waals surface area contributed by atoms with Gasteiger partial charge in [0.25, 0.3) is 0 Å². The predicted octanol–water partition coefficient (Wildman–Crippen LogP) is 2.39. The fourth-order valence-electron chi connectivity index (χ4n) is 1.86. The summed E-state index contributed by atoms with van der Waals surface area (Å²) in [6.45, 7) is 2.39. The zero-order valence-corrected chi connectivity index (χ0v) is 6.95. The van der Waals surface area contributed by atoms with Gasteiger partial charge in [-0.3, -0.25) is 0 Å². The highest BCUT2D eigenvalue weighted by atomic mass is 32.2. The van der Waals surface area contributed by atoms with Crippen molar-refractivity contribution in [2.45, 2.75) is 25.0 Å². The summed E-state index contributed by atoms with van der Waals surface area (Å²) in [6, 6.07) is 0. The molecule has 0 saturated heterocycles. The number of hydrogen-bond donors (Lipinski definition) is 0. The van der Waals surface area contributed by atoms with E-state index < -0.39 is 0 Å². The fourth-order valence-corrected chi connectivity index (χ4v) is 2.82. The van der Waals surface area contributed by atoms with Crippen molar-refractivity contribution in [2.75, 3.05) is 6.26 Å². The molecule has 2 aliphatic carbocycles. The highest BCUT2D eigenvalue weighted by Crippen LogP contribution is 2.57. The van der Waals surface area contributed by atoms with Gasteiger partial charge in [0.05, 0.1) is 0 Å². The molecule has 0 aromatic carbocycles. The van der Waals surface area contributed by atoms with E-state index in [1.165, 1.54) is 12.8 Å². The van der Waals surface area contributed by atoms with E-state index in [1.54, 1.807) is 0 Å². The van der Waals surface area contributed by atoms with Crippen molar-refractivity contribution in [3.05, 3.63) is 0 Å². The van der Waals surface area contributed by atoms with E-state index in [2.05, 4.69) is 24.9 Å². The van der Waals surface area contributed by atoms with Gasteiger partial charge in [-0.15, -0.1) is 0 Å². The molecule has 0 heterocycles. The average Bonchev–Trinajstić information content (AvgIpc) is 2.61. The van der Waals surface area contributed by atoms with E-state index in [0.717, 1.165) is 23.0 Å². The molecule has 2 aliphatic rings. The molecule has 0 amide bonds. The number of rotatable bonds is 2. The van der Waals surface area contributed by atoms with Crippen LogP contribution in [0, 0.1) is 17.8 Å². The molecule has 2 fully saturated rings. The van der Waals surface area contributed by atoms with Crippen molar-refractivity contribution in [3.8, 4) is 0 Å². The first-order valence-corrected chi connectivity index (χ1v) is 5.14. The summed E-state index contributed by atoms with van der Waals surface area (Å²) < 4.78 is 0. The average molecular weight is 142 g/mol. The minimum absolute atomic E-state index is 1.06. The standard InChI is InChI=1S/C8H14S/c1-5-3-6(5)7-4-8(7)9-2/h5-8H,3-4H2,1-2H3. The lowest BCUT2D eigenvalue weighted by Crippen LogP contribution is -1.85. The molecule has 4 atom stereocenters. The van der Waals surface area contributed by atoms with Gasteiger partial charge in [0.2, 0.25) is 0 Å². The van der Waals surface area contributed by atoms with E-state index in [0.29, 0.717) is 0 Å². The first kappa shape index (κ1) is 6.09. The third-order valence-corrected chi connectivity index (χ3v) is 3.95. The van der Waals surface area contributed by atoms with Crippen LogP contribution in [0.15, 0.2) is 0 Å². The van der Waals surface area contributed by atoms with Gasteiger partial charge in [-0.2, -0.15) is 11.8 Å². The molecule has 0 aromatic rings. The fraction of sp³-hybridized carbons (Fsp3) is 1.00. The van der Waals surface area contributed by atoms with Gasteiger partial charge < -0.3 is 0 Å². The second kappa shape index (κ2) is 1.91. The van der Waals surface area contributed by atoms with E-state index in [4.69, 9.17) is 0 Å². The molecule has 0 spiro atoms. The van der Waals surface area contributed by atoms with Crippen LogP contribution in [0.1, 0.15) is 19.8 Å². The van der Waals surface area contributed by atoms with Crippen molar-refractivity contribution in [1.82, 2.24) is 0 Å². The van der Waals surface area contributed by atoms with Crippen molar-refractivity contribution in [1.29, 1.82) is 0 Å². The summed E-state index contributed by atoms with van der Waals surface area (Å²) in [7, 11) is 0. The topological polar surface area (TPSA) is 0 Å². The van der Waals surface area contributed by atoms with Gasteiger partial charge in [-0.25, -0.2) is 0 Å². The van der Waals surface area contributed by atoms with Crippen LogP contribution in [-0.4, -0.2) is 11.5 Å². The summed E-state index contributed by atoms with van der Waals surface area (Å²) in [4.78, 5) is 0. The Morgan fingerprint density at radius 3 is 2.22 bits per heavy atom. The highest BCUT2D eigenvalue weighted by Gasteiger charge is 2.51. The Labute approximate surface area is 61.4 Å². The van der Waals surface area contributed by atoms with Gasteiger partial charge >= 0.3 is 0 Å². The van der Waals surface area contributed by atoms with E-state index in [1.807, 2.05) is 0 Å². The van der Waals surface area contributed by atoms with Crippen molar-refractivity contribution < 1.29 is 0 Å². The van der Waals surface area contributed by atoms with Crippen molar-refractivity contribution >= 4 is 11.8 Å². The van der Waals surface area contributed by atoms with Gasteiger partial charge in [-0.05, 0) is 36.9 Å². The molecule has 0 radical (unpaired) electrons. The third-order valence-electron chi connectivity index (χ3n) is 2.80. The van der Waals surface area contributed by atoms with E-state index >= 15 is 0 Å². The largest absolute Gasteiger partial charge is 0.162 e. The number of thioether (sulfide) groups is 1. The zero-order chi connectivity index (χ0) is 6.43. The Balaban J connectivity index is 1.79. The van der Waals surface area contributed by atoms with Crippen LogP contribution in [0.4, 0.5) is 0 Å². The minimum Gasteiger partial charge on any atom is -0.162 e. The van der Waals surface area contributed by atoms with Crippen molar-refractivity contribution in [2.24, 2.45) is 17.8 Å². The first-order chi connectivity index (χ1) is 4.33. The van der Waals surface area contributed by atoms with Crippen LogP contribution in [0.2, 0.25) is 0 Å². The van der Waals surface area contributed by atoms with Crippen LogP contribution >= 0.6 is 11.8 Å². The maximum atomic E-state index is 2.39. The summed E-state index contributed by atoms with van der Waals surface area (Å²) in [5, 5.41) is 1.06. The molecule has 0 bridgehead atoms. The third kappa shape index (κ3) is 1.000. The van der Waals surface area contributed by atoms with Crippen LogP contribution < -0.4 is 0 Å². The Bertz CT molecular complexity index is 122. The second-order valence-corrected chi connectivity index (χ2v) is 4.63. The van der Waals surface area contributed by atoms with Gasteiger partial charge in [-0.1, -0.05) is 6.92 Å². The lowest BCUT2D eigenvalue weighted by atomic mass is 10.2. The molecule has 1 heteroatoms. The summed E-state index contributed by atoms with van der Waals surface area (Å²) in [5.41, 5.74) is 0. The maximum Gasteiger partial charge on any atom is 0.00788 e. The van der Waals surface area contributed by atoms with Crippen LogP contribution in [0.25, 0.3) is 0 Å². The molecule has 0 aliphatic heterocycles. The molecule has 2 rings (SSSR count). The molecule has 4 unspecified atom stereocenters. The quantitative estimate of drug-likeness (QED) is 0.570. The lowest BCUT2D eigenvalue weighted by molar-refractivity contribution is 0.660. The Hall–Kier alpha value is 0.350. The predicted molar refractivity (Wildman–Crippen MR) is 42.7 cm³/mol. The molecule has 0 N–H and O–H groups in total. The minimum atomic E-state index is 1.06. The Kier molecular flexibility index (Phi) is 1.29. The Morgan fingerprint density at radius 1 is 1.22 bits per heavy atom. The number of hydrogen-bond acceptors (Lipinski definition) is 1. The molecule has 0 nitrogen and oxygen atoms in total. The van der Waals surface area contributed by atoms with Crippen molar-refractivity contribution in [3.63, 3.8) is 0 Å². The molecule has 0 aromatic heterocycles. The second-order valence-electron chi connectivity index (χ2n) is 3.55. The summed E-state index contributed by atoms with van der Waals surface area (Å²) in [6.07, 6.45) is 5.30. The van der Waals surface area contributed by atoms with Crippen LogP contribution in [0.3, 0.4) is 0 Å². The maximum absolute atomic E-state index is 2.39. The normalized spacial score (nSPS) is 55.3. The zero-order valence-electron chi connectivity index (χ0n) is 6.13. The summed E-state index contributed by atoms with van der Waals surface area (Å²) in [5.74, 6) is 3.35.